The summed E-state index contributed by atoms with van der Waals surface area (Å²) in [6.07, 6.45) is 1.82. The summed E-state index contributed by atoms with van der Waals surface area (Å²) >= 11 is 5.36. The number of anilines is 1. The molecule has 0 saturated heterocycles. The predicted molar refractivity (Wildman–Crippen MR) is 121 cm³/mol. The molecular formula is C23H19N3OS. The molecule has 0 aliphatic rings. The van der Waals surface area contributed by atoms with Crippen LogP contribution in [0.2, 0.25) is 0 Å². The second kappa shape index (κ2) is 8.06. The van der Waals surface area contributed by atoms with Gasteiger partial charge < -0.3 is 10.1 Å². The number of methoxy groups -OCH3 is 1. The summed E-state index contributed by atoms with van der Waals surface area (Å²) in [5.74, 6) is 0.718. The Labute approximate surface area is 168 Å². The van der Waals surface area contributed by atoms with Crippen molar-refractivity contribution in [3.8, 4) is 5.75 Å². The highest BCUT2D eigenvalue weighted by molar-refractivity contribution is 7.80. The molecule has 4 aromatic rings. The third-order valence-corrected chi connectivity index (χ3v) is 4.72. The van der Waals surface area contributed by atoms with Crippen LogP contribution >= 0.6 is 12.2 Å². The standard InChI is InChI=1S/C23H19N3OS/c1-27-22-13-7-6-12-21(22)25-23(28)26-24-15-20-18-10-4-2-8-16(18)14-17-9-3-5-11-19(17)20/h2-15H,1H3,(H2,25,26,28). The van der Waals surface area contributed by atoms with Gasteiger partial charge in [-0.3, -0.25) is 5.43 Å². The molecule has 0 saturated carbocycles. The smallest absolute Gasteiger partial charge is 0.191 e. The molecule has 138 valence electrons. The molecular weight excluding hydrogens is 366 g/mol. The lowest BCUT2D eigenvalue weighted by Gasteiger charge is -2.11. The van der Waals surface area contributed by atoms with Gasteiger partial charge in [0.05, 0.1) is 19.0 Å². The molecule has 5 heteroatoms. The van der Waals surface area contributed by atoms with Gasteiger partial charge in [-0.15, -0.1) is 0 Å². The summed E-state index contributed by atoms with van der Waals surface area (Å²) < 4.78 is 5.33. The number of hydrogen-bond donors (Lipinski definition) is 2. The molecule has 0 aliphatic carbocycles. The van der Waals surface area contributed by atoms with Crippen LogP contribution in [0.3, 0.4) is 0 Å². The zero-order valence-corrected chi connectivity index (χ0v) is 16.2. The fourth-order valence-corrected chi connectivity index (χ4v) is 3.40. The first-order valence-corrected chi connectivity index (χ1v) is 9.30. The van der Waals surface area contributed by atoms with Crippen molar-refractivity contribution in [3.63, 3.8) is 0 Å². The molecule has 0 spiro atoms. The van der Waals surface area contributed by atoms with Gasteiger partial charge in [0.1, 0.15) is 5.75 Å². The molecule has 0 fully saturated rings. The van der Waals surface area contributed by atoms with Crippen LogP contribution in [-0.2, 0) is 0 Å². The van der Waals surface area contributed by atoms with Crippen LogP contribution in [0.25, 0.3) is 21.5 Å². The number of thiocarbonyl (C=S) groups is 1. The molecule has 0 bridgehead atoms. The normalized spacial score (nSPS) is 11.0. The molecule has 0 heterocycles. The SMILES string of the molecule is COc1ccccc1NC(=S)NN=Cc1c2ccccc2cc2ccccc12. The van der Waals surface area contributed by atoms with Crippen molar-refractivity contribution in [3.05, 3.63) is 84.4 Å². The van der Waals surface area contributed by atoms with Gasteiger partial charge in [0.15, 0.2) is 5.11 Å². The molecule has 0 aromatic heterocycles. The lowest BCUT2D eigenvalue weighted by atomic mass is 9.97. The molecule has 2 N–H and O–H groups in total. The first-order chi connectivity index (χ1) is 13.8. The largest absolute Gasteiger partial charge is 0.495 e. The first kappa shape index (κ1) is 17.9. The fourth-order valence-electron chi connectivity index (χ4n) is 3.24. The van der Waals surface area contributed by atoms with Crippen molar-refractivity contribution in [2.75, 3.05) is 12.4 Å². The third kappa shape index (κ3) is 3.66. The highest BCUT2D eigenvalue weighted by Crippen LogP contribution is 2.27. The van der Waals surface area contributed by atoms with Gasteiger partial charge in [-0.2, -0.15) is 5.10 Å². The van der Waals surface area contributed by atoms with Crippen molar-refractivity contribution >= 4 is 50.8 Å². The number of para-hydroxylation sites is 2. The van der Waals surface area contributed by atoms with Gasteiger partial charge in [-0.25, -0.2) is 0 Å². The Kier molecular flexibility index (Phi) is 5.17. The summed E-state index contributed by atoms with van der Waals surface area (Å²) in [7, 11) is 1.63. The first-order valence-electron chi connectivity index (χ1n) is 8.90. The van der Waals surface area contributed by atoms with Crippen LogP contribution in [-0.4, -0.2) is 18.4 Å². The van der Waals surface area contributed by atoms with Gasteiger partial charge in [-0.05, 0) is 52.0 Å². The van der Waals surface area contributed by atoms with Gasteiger partial charge in [-0.1, -0.05) is 60.7 Å². The number of ether oxygens (including phenoxy) is 1. The van der Waals surface area contributed by atoms with E-state index in [1.807, 2.05) is 54.7 Å². The molecule has 4 aromatic carbocycles. The van der Waals surface area contributed by atoms with Gasteiger partial charge in [0.25, 0.3) is 0 Å². The maximum Gasteiger partial charge on any atom is 0.191 e. The number of benzene rings is 4. The van der Waals surface area contributed by atoms with E-state index in [1.165, 1.54) is 10.8 Å². The van der Waals surface area contributed by atoms with E-state index in [2.05, 4.69) is 46.2 Å². The van der Waals surface area contributed by atoms with E-state index in [0.717, 1.165) is 27.8 Å². The Morgan fingerprint density at radius 2 is 1.50 bits per heavy atom. The van der Waals surface area contributed by atoms with Crippen LogP contribution < -0.4 is 15.5 Å². The third-order valence-electron chi connectivity index (χ3n) is 4.53. The number of rotatable bonds is 4. The Hall–Kier alpha value is -3.44. The number of hydrogen-bond acceptors (Lipinski definition) is 3. The van der Waals surface area contributed by atoms with Crippen molar-refractivity contribution in [2.24, 2.45) is 5.10 Å². The van der Waals surface area contributed by atoms with Crippen LogP contribution in [0.4, 0.5) is 5.69 Å². The van der Waals surface area contributed by atoms with E-state index in [-0.39, 0.29) is 0 Å². The van der Waals surface area contributed by atoms with Crippen molar-refractivity contribution < 1.29 is 4.74 Å². The molecule has 0 atom stereocenters. The second-order valence-electron chi connectivity index (χ2n) is 6.26. The zero-order chi connectivity index (χ0) is 19.3. The molecule has 0 unspecified atom stereocenters. The minimum Gasteiger partial charge on any atom is -0.495 e. The highest BCUT2D eigenvalue weighted by Gasteiger charge is 2.06. The van der Waals surface area contributed by atoms with Crippen molar-refractivity contribution in [1.29, 1.82) is 0 Å². The fraction of sp³-hybridized carbons (Fsp3) is 0.0435. The average Bonchev–Trinajstić information content (AvgIpc) is 2.73. The lowest BCUT2D eigenvalue weighted by molar-refractivity contribution is 0.417. The monoisotopic (exact) mass is 385 g/mol. The predicted octanol–water partition coefficient (Wildman–Crippen LogP) is 5.32. The number of nitrogens with zero attached hydrogens (tertiary/aromatic N) is 1. The average molecular weight is 385 g/mol. The summed E-state index contributed by atoms with van der Waals surface area (Å²) in [4.78, 5) is 0. The molecule has 4 nitrogen and oxygen atoms in total. The van der Waals surface area contributed by atoms with Crippen LogP contribution in [0, 0.1) is 0 Å². The molecule has 28 heavy (non-hydrogen) atoms. The van der Waals surface area contributed by atoms with Gasteiger partial charge in [0, 0.05) is 5.56 Å². The second-order valence-corrected chi connectivity index (χ2v) is 6.67. The van der Waals surface area contributed by atoms with Crippen molar-refractivity contribution in [2.45, 2.75) is 0 Å². The van der Waals surface area contributed by atoms with E-state index in [4.69, 9.17) is 17.0 Å². The van der Waals surface area contributed by atoms with E-state index in [0.29, 0.717) is 5.11 Å². The summed E-state index contributed by atoms with van der Waals surface area (Å²) in [5, 5.41) is 12.5. The molecule has 0 aliphatic heterocycles. The van der Waals surface area contributed by atoms with Gasteiger partial charge >= 0.3 is 0 Å². The summed E-state index contributed by atoms with van der Waals surface area (Å²) in [6, 6.07) is 26.4. The van der Waals surface area contributed by atoms with E-state index in [1.54, 1.807) is 7.11 Å². The van der Waals surface area contributed by atoms with E-state index >= 15 is 0 Å². The number of nitrogens with one attached hydrogen (secondary N) is 2. The molecule has 0 amide bonds. The van der Waals surface area contributed by atoms with E-state index in [9.17, 15) is 0 Å². The van der Waals surface area contributed by atoms with E-state index < -0.39 is 0 Å². The summed E-state index contributed by atoms with van der Waals surface area (Å²) in [6.45, 7) is 0. The Balaban J connectivity index is 1.60. The van der Waals surface area contributed by atoms with Gasteiger partial charge in [0.2, 0.25) is 0 Å². The van der Waals surface area contributed by atoms with Crippen LogP contribution in [0.15, 0.2) is 84.0 Å². The maximum atomic E-state index is 5.36. The Morgan fingerprint density at radius 3 is 2.18 bits per heavy atom. The van der Waals surface area contributed by atoms with Crippen LogP contribution in [0.1, 0.15) is 5.56 Å². The summed E-state index contributed by atoms with van der Waals surface area (Å²) in [5.41, 5.74) is 4.74. The minimum absolute atomic E-state index is 0.394. The minimum atomic E-state index is 0.394. The highest BCUT2D eigenvalue weighted by atomic mass is 32.1. The van der Waals surface area contributed by atoms with Crippen LogP contribution in [0.5, 0.6) is 5.75 Å². The number of fused-ring (bicyclic) bond motifs is 2. The topological polar surface area (TPSA) is 45.6 Å². The molecule has 4 rings (SSSR count). The molecule has 0 radical (unpaired) electrons. The Bertz CT molecular complexity index is 1130. The lowest BCUT2D eigenvalue weighted by Crippen LogP contribution is -2.24. The number of hydrazone groups is 1. The quantitative estimate of drug-likeness (QED) is 0.216. The van der Waals surface area contributed by atoms with Crippen molar-refractivity contribution in [1.82, 2.24) is 5.43 Å². The Morgan fingerprint density at radius 1 is 0.893 bits per heavy atom. The maximum absolute atomic E-state index is 5.36. The zero-order valence-electron chi connectivity index (χ0n) is 15.3.